The molecule has 0 atom stereocenters. The fraction of sp³-hybridized carbons (Fsp3) is 0.105. The maximum atomic E-state index is 12.0. The number of furan rings is 1. The molecule has 0 bridgehead atoms. The highest BCUT2D eigenvalue weighted by atomic mass is 16.5. The summed E-state index contributed by atoms with van der Waals surface area (Å²) in [5.41, 5.74) is 6.71. The number of nitrogens with zero attached hydrogens (tertiary/aromatic N) is 2. The van der Waals surface area contributed by atoms with Crippen LogP contribution in [0.5, 0.6) is 5.75 Å². The summed E-state index contributed by atoms with van der Waals surface area (Å²) in [5.74, 6) is -1.11. The Balaban J connectivity index is 1.80. The zero-order chi connectivity index (χ0) is 20.3. The molecule has 0 spiro atoms. The average Bonchev–Trinajstić information content (AvgIpc) is 3.31. The lowest BCUT2D eigenvalue weighted by Gasteiger charge is -2.10. The molecule has 0 aliphatic heterocycles. The number of nitrogens with two attached hydrogens (primary N) is 1. The zero-order valence-corrected chi connectivity index (χ0v) is 14.7. The third-order valence-electron chi connectivity index (χ3n) is 3.91. The number of nitrogen functional groups attached to an aromatic ring is 1. The molecule has 28 heavy (non-hydrogen) atoms. The summed E-state index contributed by atoms with van der Waals surface area (Å²) in [6.07, 6.45) is 1.45. The van der Waals surface area contributed by atoms with Gasteiger partial charge in [-0.1, -0.05) is 0 Å². The first-order chi connectivity index (χ1) is 13.4. The summed E-state index contributed by atoms with van der Waals surface area (Å²) in [4.78, 5) is 22.8. The molecule has 142 valence electrons. The van der Waals surface area contributed by atoms with Crippen molar-refractivity contribution in [3.8, 4) is 17.5 Å². The molecule has 3 aromatic rings. The van der Waals surface area contributed by atoms with E-state index in [0.29, 0.717) is 17.2 Å². The lowest BCUT2D eigenvalue weighted by molar-refractivity contribution is 0.0591. The van der Waals surface area contributed by atoms with E-state index < -0.39 is 11.9 Å². The van der Waals surface area contributed by atoms with Crippen molar-refractivity contribution in [2.45, 2.75) is 6.61 Å². The molecule has 0 fully saturated rings. The van der Waals surface area contributed by atoms with Gasteiger partial charge >= 0.3 is 11.9 Å². The van der Waals surface area contributed by atoms with Crippen molar-refractivity contribution in [2.24, 2.45) is 0 Å². The van der Waals surface area contributed by atoms with E-state index in [9.17, 15) is 9.59 Å². The van der Waals surface area contributed by atoms with E-state index in [4.69, 9.17) is 30.0 Å². The quantitative estimate of drug-likeness (QED) is 0.621. The first kappa shape index (κ1) is 18.6. The van der Waals surface area contributed by atoms with E-state index in [1.54, 1.807) is 24.3 Å². The number of esters is 1. The van der Waals surface area contributed by atoms with E-state index in [2.05, 4.69) is 0 Å². The van der Waals surface area contributed by atoms with Crippen LogP contribution in [0.3, 0.4) is 0 Å². The number of rotatable bonds is 6. The van der Waals surface area contributed by atoms with Crippen LogP contribution >= 0.6 is 0 Å². The Morgan fingerprint density at radius 2 is 1.96 bits per heavy atom. The molecule has 0 saturated heterocycles. The first-order valence-corrected chi connectivity index (χ1v) is 7.99. The Morgan fingerprint density at radius 3 is 2.54 bits per heavy atom. The lowest BCUT2D eigenvalue weighted by Crippen LogP contribution is -2.11. The molecule has 3 rings (SSSR count). The van der Waals surface area contributed by atoms with Crippen molar-refractivity contribution in [1.29, 1.82) is 5.26 Å². The van der Waals surface area contributed by atoms with Crippen molar-refractivity contribution >= 4 is 17.6 Å². The molecule has 2 heterocycles. The van der Waals surface area contributed by atoms with Crippen molar-refractivity contribution in [2.75, 3.05) is 12.8 Å². The summed E-state index contributed by atoms with van der Waals surface area (Å²) in [5, 5.41) is 18.0. The van der Waals surface area contributed by atoms with E-state index in [1.165, 1.54) is 30.0 Å². The molecule has 9 nitrogen and oxygen atoms in total. The van der Waals surface area contributed by atoms with Gasteiger partial charge in [-0.25, -0.2) is 9.59 Å². The van der Waals surface area contributed by atoms with Crippen LogP contribution in [-0.4, -0.2) is 28.7 Å². The Labute approximate surface area is 159 Å². The van der Waals surface area contributed by atoms with Crippen LogP contribution in [0.25, 0.3) is 5.69 Å². The van der Waals surface area contributed by atoms with Crippen molar-refractivity contribution in [3.05, 3.63) is 65.4 Å². The van der Waals surface area contributed by atoms with Crippen LogP contribution in [0.4, 0.5) is 5.69 Å². The third-order valence-corrected chi connectivity index (χ3v) is 3.91. The fourth-order valence-electron chi connectivity index (χ4n) is 2.55. The Kier molecular flexibility index (Phi) is 5.04. The van der Waals surface area contributed by atoms with Gasteiger partial charge in [0.15, 0.2) is 5.69 Å². The number of methoxy groups -OCH3 is 1. The number of ether oxygens (including phenoxy) is 2. The average molecular weight is 381 g/mol. The van der Waals surface area contributed by atoms with Crippen molar-refractivity contribution < 1.29 is 28.6 Å². The second-order valence-electron chi connectivity index (χ2n) is 5.63. The molecule has 0 aliphatic rings. The summed E-state index contributed by atoms with van der Waals surface area (Å²) in [6, 6.07) is 11.5. The molecule has 0 unspecified atom stereocenters. The van der Waals surface area contributed by atoms with E-state index in [1.807, 2.05) is 6.07 Å². The molecular formula is C19H15N3O6. The molecule has 0 saturated carbocycles. The molecule has 3 N–H and O–H groups in total. The number of aromatic nitrogens is 1. The Morgan fingerprint density at radius 1 is 1.25 bits per heavy atom. The molecule has 2 aromatic heterocycles. The predicted molar refractivity (Wildman–Crippen MR) is 96.2 cm³/mol. The monoisotopic (exact) mass is 381 g/mol. The Bertz CT molecular complexity index is 1070. The fourth-order valence-corrected chi connectivity index (χ4v) is 2.55. The van der Waals surface area contributed by atoms with Gasteiger partial charge in [0.1, 0.15) is 24.2 Å². The van der Waals surface area contributed by atoms with Gasteiger partial charge in [-0.2, -0.15) is 5.26 Å². The maximum Gasteiger partial charge on any atom is 0.371 e. The van der Waals surface area contributed by atoms with Gasteiger partial charge in [0, 0.05) is 11.9 Å². The minimum atomic E-state index is -1.15. The van der Waals surface area contributed by atoms with E-state index in [-0.39, 0.29) is 29.3 Å². The lowest BCUT2D eigenvalue weighted by atomic mass is 10.2. The van der Waals surface area contributed by atoms with Crippen LogP contribution in [-0.2, 0) is 11.3 Å². The smallest absolute Gasteiger partial charge is 0.371 e. The summed E-state index contributed by atoms with van der Waals surface area (Å²) >= 11 is 0. The van der Waals surface area contributed by atoms with Crippen molar-refractivity contribution in [1.82, 2.24) is 4.57 Å². The number of carbonyl (C=O) groups excluding carboxylic acids is 1. The second kappa shape index (κ2) is 7.59. The number of carboxylic acids is 1. The topological polar surface area (TPSA) is 141 Å². The summed E-state index contributed by atoms with van der Waals surface area (Å²) in [7, 11) is 1.23. The highest BCUT2D eigenvalue weighted by Crippen LogP contribution is 2.26. The van der Waals surface area contributed by atoms with E-state index in [0.717, 1.165) is 0 Å². The number of carboxylic acid groups (broad SMARTS) is 1. The molecule has 0 radical (unpaired) electrons. The minimum Gasteiger partial charge on any atom is -0.486 e. The SMILES string of the molecule is COC(=O)c1c(N)c(C#N)cn1-c1ccc(OCc2ccc(C(=O)O)o2)cc1. The number of nitriles is 1. The highest BCUT2D eigenvalue weighted by molar-refractivity contribution is 5.95. The molecule has 1 aromatic carbocycles. The zero-order valence-electron chi connectivity index (χ0n) is 14.7. The van der Waals surface area contributed by atoms with Gasteiger partial charge in [0.05, 0.1) is 18.4 Å². The second-order valence-corrected chi connectivity index (χ2v) is 5.63. The first-order valence-electron chi connectivity index (χ1n) is 7.99. The number of benzene rings is 1. The van der Waals surface area contributed by atoms with Gasteiger partial charge < -0.3 is 29.3 Å². The van der Waals surface area contributed by atoms with Crippen LogP contribution in [0.2, 0.25) is 0 Å². The minimum absolute atomic E-state index is 0.0433. The highest BCUT2D eigenvalue weighted by Gasteiger charge is 2.21. The number of hydrogen-bond acceptors (Lipinski definition) is 7. The van der Waals surface area contributed by atoms with Crippen LogP contribution in [0, 0.1) is 11.3 Å². The predicted octanol–water partition coefficient (Wildman–Crippen LogP) is 2.59. The van der Waals surface area contributed by atoms with Gasteiger partial charge in [0.2, 0.25) is 5.76 Å². The standard InChI is InChI=1S/C19H15N3O6/c1-26-19(25)17-16(21)11(8-20)9-22(17)12-2-4-13(5-3-12)27-10-14-6-7-15(28-14)18(23)24/h2-7,9H,10,21H2,1H3,(H,23,24). The van der Waals surface area contributed by atoms with Crippen LogP contribution in [0.1, 0.15) is 32.4 Å². The van der Waals surface area contributed by atoms with Gasteiger partial charge in [-0.3, -0.25) is 0 Å². The maximum absolute atomic E-state index is 12.0. The summed E-state index contributed by atoms with van der Waals surface area (Å²) in [6.45, 7) is 0.0507. The normalized spacial score (nSPS) is 10.3. The van der Waals surface area contributed by atoms with Crippen LogP contribution < -0.4 is 10.5 Å². The van der Waals surface area contributed by atoms with Gasteiger partial charge in [-0.05, 0) is 36.4 Å². The van der Waals surface area contributed by atoms with E-state index >= 15 is 0 Å². The Hall–Kier alpha value is -4.19. The largest absolute Gasteiger partial charge is 0.486 e. The van der Waals surface area contributed by atoms with Gasteiger partial charge in [-0.15, -0.1) is 0 Å². The summed E-state index contributed by atoms with van der Waals surface area (Å²) < 4.78 is 16.9. The number of carbonyl (C=O) groups is 2. The molecule has 0 aliphatic carbocycles. The van der Waals surface area contributed by atoms with Crippen molar-refractivity contribution in [3.63, 3.8) is 0 Å². The molecule has 9 heteroatoms. The van der Waals surface area contributed by atoms with Gasteiger partial charge in [0.25, 0.3) is 0 Å². The molecular weight excluding hydrogens is 366 g/mol. The number of aromatic carboxylic acids is 1. The third kappa shape index (κ3) is 3.52. The number of hydrogen-bond donors (Lipinski definition) is 2. The van der Waals surface area contributed by atoms with Crippen LogP contribution in [0.15, 0.2) is 47.0 Å². The number of anilines is 1. The molecule has 0 amide bonds.